The summed E-state index contributed by atoms with van der Waals surface area (Å²) in [7, 11) is 0. The minimum Gasteiger partial charge on any atom is -0.224 e. The number of hydrogen-bond acceptors (Lipinski definition) is 2. The molecule has 2 nitrogen and oxygen atoms in total. The summed E-state index contributed by atoms with van der Waals surface area (Å²) in [6, 6.07) is -0.603. The number of halogens is 17. The molecule has 0 amide bonds. The molecule has 0 unspecified atom stereocenters. The second kappa shape index (κ2) is 8.97. The van der Waals surface area contributed by atoms with Gasteiger partial charge in [0.1, 0.15) is 11.3 Å². The standard InChI is InChI=1S/C19HF17N2/c20-8-4(2-1-3(17(28,29)30)38-16(37-2)19(34,35)36)9(21)11(23)5(10(8)22)6-12(24)14(26)7(18(31,32)33)15(27)13(6)25/h1H. The van der Waals surface area contributed by atoms with Gasteiger partial charge in [0.15, 0.2) is 46.5 Å². The van der Waals surface area contributed by atoms with Gasteiger partial charge in [0.2, 0.25) is 5.82 Å². The number of nitrogens with zero attached hydrogens (tertiary/aromatic N) is 2. The van der Waals surface area contributed by atoms with Crippen molar-refractivity contribution in [1.29, 1.82) is 0 Å². The maximum absolute atomic E-state index is 14.6. The zero-order valence-corrected chi connectivity index (χ0v) is 16.9. The zero-order valence-electron chi connectivity index (χ0n) is 16.9. The van der Waals surface area contributed by atoms with E-state index < -0.39 is 111 Å². The lowest BCUT2D eigenvalue weighted by Gasteiger charge is -2.17. The van der Waals surface area contributed by atoms with Gasteiger partial charge in [0.25, 0.3) is 0 Å². The van der Waals surface area contributed by atoms with Crippen LogP contribution in [0.25, 0.3) is 22.4 Å². The number of benzene rings is 2. The van der Waals surface area contributed by atoms with E-state index in [1.54, 1.807) is 0 Å². The number of rotatable bonds is 2. The van der Waals surface area contributed by atoms with Crippen molar-refractivity contribution < 1.29 is 74.6 Å². The highest BCUT2D eigenvalue weighted by Gasteiger charge is 2.45. The topological polar surface area (TPSA) is 25.8 Å². The molecule has 1 heterocycles. The van der Waals surface area contributed by atoms with Crippen molar-refractivity contribution in [3.8, 4) is 22.4 Å². The molecule has 3 rings (SSSR count). The van der Waals surface area contributed by atoms with Gasteiger partial charge in [0.05, 0.1) is 22.4 Å². The Morgan fingerprint density at radius 1 is 0.421 bits per heavy atom. The largest absolute Gasteiger partial charge is 0.451 e. The third-order valence-electron chi connectivity index (χ3n) is 4.59. The molecule has 38 heavy (non-hydrogen) atoms. The fraction of sp³-hybridized carbons (Fsp3) is 0.158. The first kappa shape index (κ1) is 28.9. The smallest absolute Gasteiger partial charge is 0.224 e. The Bertz CT molecular complexity index is 1360. The highest BCUT2D eigenvalue weighted by molar-refractivity contribution is 5.73. The fourth-order valence-electron chi connectivity index (χ4n) is 3.02. The predicted molar refractivity (Wildman–Crippen MR) is 87.6 cm³/mol. The van der Waals surface area contributed by atoms with Gasteiger partial charge in [-0.3, -0.25) is 0 Å². The van der Waals surface area contributed by atoms with Gasteiger partial charge in [-0.25, -0.2) is 45.1 Å². The molecule has 0 saturated heterocycles. The van der Waals surface area contributed by atoms with E-state index in [4.69, 9.17) is 0 Å². The molecule has 0 atom stereocenters. The Morgan fingerprint density at radius 3 is 1.13 bits per heavy atom. The third kappa shape index (κ3) is 4.68. The quantitative estimate of drug-likeness (QED) is 0.227. The molecule has 1 aromatic heterocycles. The summed E-state index contributed by atoms with van der Waals surface area (Å²) in [5.41, 5.74) is -15.8. The molecular formula is C19HF17N2. The monoisotopic (exact) mass is 580 g/mol. The Hall–Kier alpha value is -3.67. The molecule has 0 aliphatic carbocycles. The predicted octanol–water partition coefficient (Wildman–Crippen LogP) is 7.98. The van der Waals surface area contributed by atoms with Crippen molar-refractivity contribution in [1.82, 2.24) is 9.97 Å². The lowest BCUT2D eigenvalue weighted by atomic mass is 9.96. The first-order valence-electron chi connectivity index (χ1n) is 8.93. The summed E-state index contributed by atoms with van der Waals surface area (Å²) in [5.74, 6) is -27.9. The van der Waals surface area contributed by atoms with E-state index in [9.17, 15) is 74.6 Å². The molecule has 0 bridgehead atoms. The van der Waals surface area contributed by atoms with E-state index in [1.165, 1.54) is 0 Å². The molecular weight excluding hydrogens is 579 g/mol. The molecule has 0 aliphatic heterocycles. The normalized spacial score (nSPS) is 12.9. The van der Waals surface area contributed by atoms with Crippen LogP contribution in [0.1, 0.15) is 17.1 Å². The Labute approximate surface area is 196 Å². The van der Waals surface area contributed by atoms with Gasteiger partial charge in [-0.2, -0.15) is 39.5 Å². The van der Waals surface area contributed by atoms with Crippen LogP contribution in [-0.2, 0) is 18.5 Å². The Morgan fingerprint density at radius 2 is 0.789 bits per heavy atom. The van der Waals surface area contributed by atoms with Crippen LogP contribution in [0, 0.1) is 46.5 Å². The molecule has 19 heteroatoms. The molecule has 0 fully saturated rings. The summed E-state index contributed by atoms with van der Waals surface area (Å²) < 4.78 is 230. The molecule has 0 spiro atoms. The zero-order chi connectivity index (χ0) is 29.3. The van der Waals surface area contributed by atoms with Crippen LogP contribution in [0.5, 0.6) is 0 Å². The Kier molecular flexibility index (Phi) is 6.82. The molecule has 3 aromatic rings. The van der Waals surface area contributed by atoms with Crippen LogP contribution in [0.2, 0.25) is 0 Å². The van der Waals surface area contributed by atoms with Crippen LogP contribution in [-0.4, -0.2) is 9.97 Å². The van der Waals surface area contributed by atoms with Crippen molar-refractivity contribution in [2.75, 3.05) is 0 Å². The van der Waals surface area contributed by atoms with Crippen molar-refractivity contribution in [3.63, 3.8) is 0 Å². The van der Waals surface area contributed by atoms with E-state index >= 15 is 0 Å². The van der Waals surface area contributed by atoms with E-state index in [0.29, 0.717) is 0 Å². The number of aromatic nitrogens is 2. The van der Waals surface area contributed by atoms with Crippen molar-refractivity contribution in [2.24, 2.45) is 0 Å². The van der Waals surface area contributed by atoms with Gasteiger partial charge in [0, 0.05) is 0 Å². The van der Waals surface area contributed by atoms with Gasteiger partial charge in [-0.05, 0) is 6.07 Å². The summed E-state index contributed by atoms with van der Waals surface area (Å²) in [4.78, 5) is 4.43. The van der Waals surface area contributed by atoms with Gasteiger partial charge in [-0.1, -0.05) is 0 Å². The van der Waals surface area contributed by atoms with E-state index in [2.05, 4.69) is 9.97 Å². The molecule has 0 saturated carbocycles. The maximum atomic E-state index is 14.6. The minimum absolute atomic E-state index is 0.603. The summed E-state index contributed by atoms with van der Waals surface area (Å²) in [6.45, 7) is 0. The third-order valence-corrected chi connectivity index (χ3v) is 4.59. The van der Waals surface area contributed by atoms with Crippen LogP contribution in [0.15, 0.2) is 6.07 Å². The van der Waals surface area contributed by atoms with E-state index in [1.807, 2.05) is 0 Å². The lowest BCUT2D eigenvalue weighted by molar-refractivity contribution is -0.152. The van der Waals surface area contributed by atoms with Crippen molar-refractivity contribution in [2.45, 2.75) is 18.5 Å². The molecule has 206 valence electrons. The molecule has 0 radical (unpaired) electrons. The average molecular weight is 580 g/mol. The highest BCUT2D eigenvalue weighted by atomic mass is 19.4. The Balaban J connectivity index is 2.44. The van der Waals surface area contributed by atoms with Gasteiger partial charge >= 0.3 is 18.5 Å². The number of alkyl halides is 9. The van der Waals surface area contributed by atoms with E-state index in [-0.39, 0.29) is 0 Å². The van der Waals surface area contributed by atoms with Crippen LogP contribution in [0.4, 0.5) is 74.6 Å². The lowest BCUT2D eigenvalue weighted by Crippen LogP contribution is -2.18. The van der Waals surface area contributed by atoms with Crippen LogP contribution < -0.4 is 0 Å². The SMILES string of the molecule is Fc1c(F)c(-c2c(F)c(F)c(C(F)(F)F)c(F)c2F)c(F)c(F)c1-c1cc(C(F)(F)F)nc(C(F)(F)F)n1. The summed E-state index contributed by atoms with van der Waals surface area (Å²) in [6.07, 6.45) is -17.7. The molecule has 2 aromatic carbocycles. The summed E-state index contributed by atoms with van der Waals surface area (Å²) >= 11 is 0. The first-order chi connectivity index (χ1) is 17.1. The van der Waals surface area contributed by atoms with Crippen LogP contribution >= 0.6 is 0 Å². The average Bonchev–Trinajstić information content (AvgIpc) is 2.76. The van der Waals surface area contributed by atoms with E-state index in [0.717, 1.165) is 0 Å². The molecule has 0 aliphatic rings. The van der Waals surface area contributed by atoms with Crippen LogP contribution in [0.3, 0.4) is 0 Å². The maximum Gasteiger partial charge on any atom is 0.451 e. The fourth-order valence-corrected chi connectivity index (χ4v) is 3.02. The first-order valence-corrected chi connectivity index (χ1v) is 8.93. The highest BCUT2D eigenvalue weighted by Crippen LogP contribution is 2.44. The number of hydrogen-bond donors (Lipinski definition) is 0. The van der Waals surface area contributed by atoms with Crippen molar-refractivity contribution in [3.05, 3.63) is 69.7 Å². The second-order valence-corrected chi connectivity index (χ2v) is 6.97. The summed E-state index contributed by atoms with van der Waals surface area (Å²) in [5, 5.41) is 0. The van der Waals surface area contributed by atoms with Gasteiger partial charge in [-0.15, -0.1) is 0 Å². The second-order valence-electron chi connectivity index (χ2n) is 6.97. The molecule has 0 N–H and O–H groups in total. The van der Waals surface area contributed by atoms with Crippen molar-refractivity contribution >= 4 is 0 Å². The minimum atomic E-state index is -6.13. The van der Waals surface area contributed by atoms with Gasteiger partial charge < -0.3 is 0 Å².